The molecule has 3 heterocycles. The smallest absolute Gasteiger partial charge is 0.179 e. The molecule has 6 heteroatoms. The average molecular weight is 509 g/mol. The van der Waals surface area contributed by atoms with E-state index in [1.165, 1.54) is 16.7 Å². The SMILES string of the molecule is Cc1ccc([C@@H]2c3c(C)nn(-c4ccc(C)cc4)c3N=C3C(Nc4ccccc4)=Nc4ccccc4N32)cc1. The van der Waals surface area contributed by atoms with Crippen molar-refractivity contribution >= 4 is 34.6 Å². The fourth-order valence-corrected chi connectivity index (χ4v) is 5.39. The number of aromatic nitrogens is 2. The van der Waals surface area contributed by atoms with Crippen LogP contribution in [0.3, 0.4) is 0 Å². The van der Waals surface area contributed by atoms with Gasteiger partial charge in [0.2, 0.25) is 0 Å². The molecule has 0 radical (unpaired) electrons. The summed E-state index contributed by atoms with van der Waals surface area (Å²) in [5, 5.41) is 8.59. The highest BCUT2D eigenvalue weighted by Crippen LogP contribution is 2.48. The number of amidine groups is 2. The van der Waals surface area contributed by atoms with Crippen molar-refractivity contribution < 1.29 is 0 Å². The van der Waals surface area contributed by atoms with Crippen molar-refractivity contribution in [1.29, 1.82) is 0 Å². The molecule has 5 aromatic rings. The molecular weight excluding hydrogens is 480 g/mol. The van der Waals surface area contributed by atoms with E-state index >= 15 is 0 Å². The molecule has 2 aliphatic rings. The summed E-state index contributed by atoms with van der Waals surface area (Å²) in [6.45, 7) is 6.29. The maximum Gasteiger partial charge on any atom is 0.179 e. The van der Waals surface area contributed by atoms with Crippen molar-refractivity contribution in [3.8, 4) is 5.69 Å². The van der Waals surface area contributed by atoms with E-state index in [0.29, 0.717) is 5.84 Å². The maximum atomic E-state index is 5.31. The van der Waals surface area contributed by atoms with E-state index in [9.17, 15) is 0 Å². The van der Waals surface area contributed by atoms with Gasteiger partial charge in [0.25, 0.3) is 0 Å². The second-order valence-electron chi connectivity index (χ2n) is 10.1. The van der Waals surface area contributed by atoms with Crippen LogP contribution < -0.4 is 10.2 Å². The molecule has 2 aliphatic heterocycles. The van der Waals surface area contributed by atoms with Gasteiger partial charge in [0.1, 0.15) is 0 Å². The highest BCUT2D eigenvalue weighted by atomic mass is 15.4. The van der Waals surface area contributed by atoms with E-state index in [4.69, 9.17) is 15.1 Å². The molecule has 0 bridgehead atoms. The van der Waals surface area contributed by atoms with Gasteiger partial charge in [0, 0.05) is 11.3 Å². The molecule has 1 N–H and O–H groups in total. The first kappa shape index (κ1) is 23.2. The molecule has 0 unspecified atom stereocenters. The van der Waals surface area contributed by atoms with Crippen LogP contribution in [0.4, 0.5) is 22.9 Å². The first-order valence-electron chi connectivity index (χ1n) is 13.2. The Kier molecular flexibility index (Phi) is 5.40. The highest BCUT2D eigenvalue weighted by Gasteiger charge is 2.41. The minimum Gasteiger partial charge on any atom is -0.337 e. The third-order valence-corrected chi connectivity index (χ3v) is 7.35. The van der Waals surface area contributed by atoms with Crippen molar-refractivity contribution in [2.24, 2.45) is 9.98 Å². The van der Waals surface area contributed by atoms with Crippen LogP contribution in [0.2, 0.25) is 0 Å². The largest absolute Gasteiger partial charge is 0.337 e. The minimum absolute atomic E-state index is 0.128. The second kappa shape index (κ2) is 9.10. The standard InChI is InChI=1S/C33H28N6/c1-21-13-17-24(18-14-21)30-29-23(3)37-39(26-19-15-22(2)16-20-26)32(29)36-33-31(34-25-9-5-4-6-10-25)35-27-11-7-8-12-28(27)38(30)33/h4-20,30H,1-3H3,(H,34,35)/t30-/m1/s1. The average Bonchev–Trinajstić information content (AvgIpc) is 3.29. The number of anilines is 2. The van der Waals surface area contributed by atoms with Gasteiger partial charge >= 0.3 is 0 Å². The molecule has 39 heavy (non-hydrogen) atoms. The monoisotopic (exact) mass is 508 g/mol. The molecular formula is C33H28N6. The molecule has 7 rings (SSSR count). The minimum atomic E-state index is -0.128. The predicted molar refractivity (Wildman–Crippen MR) is 159 cm³/mol. The quantitative estimate of drug-likeness (QED) is 0.273. The Morgan fingerprint density at radius 1 is 0.692 bits per heavy atom. The lowest BCUT2D eigenvalue weighted by Crippen LogP contribution is -2.46. The zero-order valence-electron chi connectivity index (χ0n) is 22.1. The summed E-state index contributed by atoms with van der Waals surface area (Å²) in [4.78, 5) is 12.7. The fourth-order valence-electron chi connectivity index (χ4n) is 5.39. The Bertz CT molecular complexity index is 1740. The Hall–Kier alpha value is -4.97. The number of nitrogens with one attached hydrogen (secondary N) is 1. The van der Waals surface area contributed by atoms with Gasteiger partial charge in [-0.15, -0.1) is 0 Å². The Balaban J connectivity index is 1.50. The molecule has 190 valence electrons. The Morgan fingerprint density at radius 2 is 1.36 bits per heavy atom. The predicted octanol–water partition coefficient (Wildman–Crippen LogP) is 7.59. The zero-order valence-corrected chi connectivity index (χ0v) is 22.1. The first-order valence-corrected chi connectivity index (χ1v) is 13.2. The molecule has 0 spiro atoms. The van der Waals surface area contributed by atoms with E-state index in [-0.39, 0.29) is 6.04 Å². The molecule has 0 fully saturated rings. The molecule has 4 aromatic carbocycles. The van der Waals surface area contributed by atoms with Gasteiger partial charge in [-0.05, 0) is 62.7 Å². The lowest BCUT2D eigenvalue weighted by Gasteiger charge is -2.40. The normalized spacial score (nSPS) is 15.6. The number of hydrogen-bond donors (Lipinski definition) is 1. The van der Waals surface area contributed by atoms with Crippen LogP contribution >= 0.6 is 0 Å². The number of para-hydroxylation sites is 3. The van der Waals surface area contributed by atoms with Gasteiger partial charge in [-0.25, -0.2) is 14.7 Å². The summed E-state index contributed by atoms with van der Waals surface area (Å²) in [7, 11) is 0. The lowest BCUT2D eigenvalue weighted by molar-refractivity contribution is 0.815. The molecule has 1 aromatic heterocycles. The summed E-state index contributed by atoms with van der Waals surface area (Å²) < 4.78 is 1.97. The van der Waals surface area contributed by atoms with Crippen molar-refractivity contribution in [2.45, 2.75) is 26.8 Å². The molecule has 0 aliphatic carbocycles. The van der Waals surface area contributed by atoms with Crippen LogP contribution in [0, 0.1) is 20.8 Å². The summed E-state index contributed by atoms with van der Waals surface area (Å²) in [5.74, 6) is 2.30. The van der Waals surface area contributed by atoms with Gasteiger partial charge in [0.05, 0.1) is 28.8 Å². The topological polar surface area (TPSA) is 57.8 Å². The molecule has 1 atom stereocenters. The van der Waals surface area contributed by atoms with Crippen molar-refractivity contribution in [2.75, 3.05) is 10.2 Å². The third-order valence-electron chi connectivity index (χ3n) is 7.35. The number of fused-ring (bicyclic) bond motifs is 4. The van der Waals surface area contributed by atoms with Gasteiger partial charge < -0.3 is 10.2 Å². The summed E-state index contributed by atoms with van der Waals surface area (Å²) in [6.07, 6.45) is 0. The van der Waals surface area contributed by atoms with Gasteiger partial charge in [-0.1, -0.05) is 77.9 Å². The van der Waals surface area contributed by atoms with E-state index in [1.54, 1.807) is 0 Å². The molecule has 0 amide bonds. The first-order chi connectivity index (χ1) is 19.1. The fraction of sp³-hybridized carbons (Fsp3) is 0.121. The molecule has 6 nitrogen and oxygen atoms in total. The number of benzene rings is 4. The molecule has 0 saturated carbocycles. The van der Waals surface area contributed by atoms with Crippen LogP contribution in [0.1, 0.15) is 34.0 Å². The lowest BCUT2D eigenvalue weighted by atomic mass is 9.93. The molecule has 0 saturated heterocycles. The Morgan fingerprint density at radius 3 is 2.10 bits per heavy atom. The van der Waals surface area contributed by atoms with Crippen LogP contribution in [0.15, 0.2) is 113 Å². The van der Waals surface area contributed by atoms with Crippen molar-refractivity contribution in [3.05, 3.63) is 131 Å². The van der Waals surface area contributed by atoms with Crippen LogP contribution in [-0.2, 0) is 0 Å². The number of hydrogen-bond acceptors (Lipinski definition) is 5. The number of rotatable bonds is 3. The van der Waals surface area contributed by atoms with Gasteiger partial charge in [0.15, 0.2) is 17.5 Å². The second-order valence-corrected chi connectivity index (χ2v) is 10.1. The Labute approximate surface area is 228 Å². The maximum absolute atomic E-state index is 5.31. The summed E-state index contributed by atoms with van der Waals surface area (Å²) in [6, 6.07) is 35.5. The van der Waals surface area contributed by atoms with E-state index in [0.717, 1.165) is 45.7 Å². The van der Waals surface area contributed by atoms with E-state index < -0.39 is 0 Å². The van der Waals surface area contributed by atoms with Crippen LogP contribution in [-0.4, -0.2) is 21.5 Å². The zero-order chi connectivity index (χ0) is 26.5. The summed E-state index contributed by atoms with van der Waals surface area (Å²) >= 11 is 0. The van der Waals surface area contributed by atoms with Crippen molar-refractivity contribution in [3.63, 3.8) is 0 Å². The van der Waals surface area contributed by atoms with E-state index in [1.807, 2.05) is 41.1 Å². The summed E-state index contributed by atoms with van der Waals surface area (Å²) in [5.41, 5.74) is 9.52. The number of aliphatic imine (C=N–C) groups is 2. The highest BCUT2D eigenvalue weighted by molar-refractivity contribution is 6.51. The van der Waals surface area contributed by atoms with Gasteiger partial charge in [-0.2, -0.15) is 5.10 Å². The van der Waals surface area contributed by atoms with Crippen molar-refractivity contribution in [1.82, 2.24) is 9.78 Å². The third kappa shape index (κ3) is 3.92. The van der Waals surface area contributed by atoms with Gasteiger partial charge in [-0.3, -0.25) is 0 Å². The van der Waals surface area contributed by atoms with E-state index in [2.05, 4.69) is 97.7 Å². The number of aryl methyl sites for hydroxylation is 3. The number of nitrogens with zero attached hydrogens (tertiary/aromatic N) is 5. The van der Waals surface area contributed by atoms with Crippen LogP contribution in [0.5, 0.6) is 0 Å². The van der Waals surface area contributed by atoms with Crippen LogP contribution in [0.25, 0.3) is 5.69 Å².